The van der Waals surface area contributed by atoms with Gasteiger partial charge in [-0.1, -0.05) is 30.0 Å². The van der Waals surface area contributed by atoms with Crippen molar-refractivity contribution >= 4 is 45.7 Å². The molecule has 8 heteroatoms. The number of ether oxygens (including phenoxy) is 1. The Morgan fingerprint density at radius 1 is 1.13 bits per heavy atom. The Bertz CT molecular complexity index is 1300. The summed E-state index contributed by atoms with van der Waals surface area (Å²) in [5, 5.41) is 10.2. The Hall–Kier alpha value is -3.39. The van der Waals surface area contributed by atoms with Gasteiger partial charge in [0, 0.05) is 12.1 Å². The fraction of sp³-hybridized carbons (Fsp3) is 0.182. The first-order chi connectivity index (χ1) is 14.7. The minimum absolute atomic E-state index is 0.0257. The van der Waals surface area contributed by atoms with Crippen LogP contribution in [0.15, 0.2) is 59.8 Å². The van der Waals surface area contributed by atoms with Gasteiger partial charge in [-0.2, -0.15) is 0 Å². The molecule has 3 heterocycles. The summed E-state index contributed by atoms with van der Waals surface area (Å²) in [6, 6.07) is 17.1. The van der Waals surface area contributed by atoms with Gasteiger partial charge in [0.2, 0.25) is 0 Å². The lowest BCUT2D eigenvalue weighted by atomic mass is 10.1. The van der Waals surface area contributed by atoms with Gasteiger partial charge in [-0.15, -0.1) is 10.2 Å². The molecule has 30 heavy (non-hydrogen) atoms. The van der Waals surface area contributed by atoms with Crippen molar-refractivity contribution in [1.29, 1.82) is 0 Å². The van der Waals surface area contributed by atoms with Crippen LogP contribution in [0, 0.1) is 0 Å². The number of carbonyl (C=O) groups excluding carboxylic acids is 2. The lowest BCUT2D eigenvalue weighted by Gasteiger charge is -2.28. The number of amides is 1. The lowest BCUT2D eigenvalue weighted by molar-refractivity contribution is -0.121. The molecule has 0 radical (unpaired) electrons. The van der Waals surface area contributed by atoms with Crippen molar-refractivity contribution in [2.45, 2.75) is 12.1 Å². The normalized spacial score (nSPS) is 13.5. The number of anilines is 1. The molecule has 7 nitrogen and oxygen atoms in total. The van der Waals surface area contributed by atoms with Crippen LogP contribution in [-0.2, 0) is 4.79 Å². The standard InChI is InChI=1S/C22H18N4O3S/c1-2-25-17-11-15(7-9-19(17)29-12-21(25)28)18(27)13-30-22-24-23-20-10-8-14-5-3-4-6-16(14)26(20)22/h3-11H,2,12-13H2,1H3. The monoisotopic (exact) mass is 418 g/mol. The number of benzene rings is 2. The number of ketones is 1. The lowest BCUT2D eigenvalue weighted by Crippen LogP contribution is -2.38. The van der Waals surface area contributed by atoms with Crippen LogP contribution in [-0.4, -0.2) is 45.2 Å². The molecule has 0 spiro atoms. The van der Waals surface area contributed by atoms with Gasteiger partial charge in [0.25, 0.3) is 5.91 Å². The summed E-state index contributed by atoms with van der Waals surface area (Å²) >= 11 is 1.35. The van der Waals surface area contributed by atoms with Crippen molar-refractivity contribution in [3.63, 3.8) is 0 Å². The van der Waals surface area contributed by atoms with Crippen LogP contribution in [0.2, 0.25) is 0 Å². The van der Waals surface area contributed by atoms with E-state index in [4.69, 9.17) is 4.74 Å². The van der Waals surface area contributed by atoms with Gasteiger partial charge in [-0.25, -0.2) is 0 Å². The van der Waals surface area contributed by atoms with Gasteiger partial charge in [-0.05, 0) is 48.7 Å². The number of nitrogens with zero attached hydrogens (tertiary/aromatic N) is 4. The highest BCUT2D eigenvalue weighted by atomic mass is 32.2. The maximum absolute atomic E-state index is 12.9. The number of thioether (sulfide) groups is 1. The molecule has 2 aromatic carbocycles. The Morgan fingerprint density at radius 2 is 2.00 bits per heavy atom. The largest absolute Gasteiger partial charge is 0.482 e. The van der Waals surface area contributed by atoms with Crippen LogP contribution in [0.5, 0.6) is 5.75 Å². The highest BCUT2D eigenvalue weighted by Gasteiger charge is 2.25. The number of fused-ring (bicyclic) bond motifs is 4. The number of hydrogen-bond acceptors (Lipinski definition) is 6. The van der Waals surface area contributed by atoms with Crippen molar-refractivity contribution < 1.29 is 14.3 Å². The van der Waals surface area contributed by atoms with E-state index in [1.807, 2.05) is 47.7 Å². The van der Waals surface area contributed by atoms with E-state index < -0.39 is 0 Å². The van der Waals surface area contributed by atoms with Crippen molar-refractivity contribution in [3.8, 4) is 5.75 Å². The fourth-order valence-electron chi connectivity index (χ4n) is 3.64. The van der Waals surface area contributed by atoms with Gasteiger partial charge in [0.1, 0.15) is 5.75 Å². The second-order valence-corrected chi connectivity index (χ2v) is 7.83. The van der Waals surface area contributed by atoms with Crippen molar-refractivity contribution in [2.24, 2.45) is 0 Å². The van der Waals surface area contributed by atoms with Crippen LogP contribution < -0.4 is 9.64 Å². The molecule has 0 saturated heterocycles. The van der Waals surface area contributed by atoms with E-state index in [1.165, 1.54) is 11.8 Å². The van der Waals surface area contributed by atoms with Crippen LogP contribution in [0.1, 0.15) is 17.3 Å². The summed E-state index contributed by atoms with van der Waals surface area (Å²) in [7, 11) is 0. The first kappa shape index (κ1) is 18.6. The number of likely N-dealkylation sites (N-methyl/N-ethyl adjacent to an activating group) is 1. The van der Waals surface area contributed by atoms with E-state index in [1.54, 1.807) is 23.1 Å². The number of aromatic nitrogens is 3. The average Bonchev–Trinajstić information content (AvgIpc) is 3.20. The van der Waals surface area contributed by atoms with Crippen molar-refractivity contribution in [1.82, 2.24) is 14.6 Å². The summed E-state index contributed by atoms with van der Waals surface area (Å²) in [6.07, 6.45) is 0. The first-order valence-electron chi connectivity index (χ1n) is 9.62. The van der Waals surface area contributed by atoms with Crippen molar-refractivity contribution in [3.05, 3.63) is 60.2 Å². The molecule has 0 saturated carbocycles. The summed E-state index contributed by atoms with van der Waals surface area (Å²) in [6.45, 7) is 2.45. The Balaban J connectivity index is 1.41. The molecule has 0 atom stereocenters. The maximum atomic E-state index is 12.9. The number of rotatable bonds is 5. The van der Waals surface area contributed by atoms with Gasteiger partial charge >= 0.3 is 0 Å². The van der Waals surface area contributed by atoms with Gasteiger partial charge < -0.3 is 9.64 Å². The van der Waals surface area contributed by atoms with E-state index >= 15 is 0 Å². The van der Waals surface area contributed by atoms with E-state index in [0.717, 1.165) is 16.6 Å². The summed E-state index contributed by atoms with van der Waals surface area (Å²) in [4.78, 5) is 26.6. The maximum Gasteiger partial charge on any atom is 0.265 e. The van der Waals surface area contributed by atoms with Crippen LogP contribution in [0.25, 0.3) is 16.6 Å². The molecule has 5 rings (SSSR count). The number of carbonyl (C=O) groups is 2. The zero-order valence-corrected chi connectivity index (χ0v) is 17.1. The molecule has 0 fully saturated rings. The third-order valence-electron chi connectivity index (χ3n) is 5.12. The molecule has 1 aliphatic rings. The molecular formula is C22H18N4O3S. The zero-order chi connectivity index (χ0) is 20.7. The average molecular weight is 418 g/mol. The first-order valence-corrected chi connectivity index (χ1v) is 10.6. The minimum atomic E-state index is -0.106. The molecule has 0 N–H and O–H groups in total. The van der Waals surface area contributed by atoms with E-state index in [2.05, 4.69) is 10.2 Å². The highest BCUT2D eigenvalue weighted by molar-refractivity contribution is 7.99. The third-order valence-corrected chi connectivity index (χ3v) is 6.05. The molecule has 0 bridgehead atoms. The molecule has 0 unspecified atom stereocenters. The summed E-state index contributed by atoms with van der Waals surface area (Å²) < 4.78 is 7.44. The predicted octanol–water partition coefficient (Wildman–Crippen LogP) is 3.60. The number of para-hydroxylation sites is 1. The van der Waals surface area contributed by atoms with Gasteiger partial charge in [0.15, 0.2) is 23.2 Å². The second-order valence-electron chi connectivity index (χ2n) is 6.89. The molecule has 1 amide bonds. The molecular weight excluding hydrogens is 400 g/mol. The van der Waals surface area contributed by atoms with Gasteiger partial charge in [0.05, 0.1) is 17.0 Å². The van der Waals surface area contributed by atoms with E-state index in [9.17, 15) is 9.59 Å². The van der Waals surface area contributed by atoms with Gasteiger partial charge in [-0.3, -0.25) is 14.0 Å². The SMILES string of the molecule is CCN1C(=O)COc2ccc(C(=O)CSc3nnc4ccc5ccccc5n34)cc21. The Labute approximate surface area is 176 Å². The smallest absolute Gasteiger partial charge is 0.265 e. The highest BCUT2D eigenvalue weighted by Crippen LogP contribution is 2.33. The topological polar surface area (TPSA) is 76.8 Å². The Kier molecular flexibility index (Phi) is 4.63. The fourth-order valence-corrected chi connectivity index (χ4v) is 4.49. The quantitative estimate of drug-likeness (QED) is 0.364. The summed E-state index contributed by atoms with van der Waals surface area (Å²) in [5.41, 5.74) is 2.92. The number of pyridine rings is 1. The van der Waals surface area contributed by atoms with E-state index in [0.29, 0.717) is 28.7 Å². The van der Waals surface area contributed by atoms with Crippen LogP contribution in [0.3, 0.4) is 0 Å². The number of Topliss-reactive ketones (excluding diaryl/α,β-unsaturated/α-hetero) is 1. The third kappa shape index (κ3) is 3.09. The van der Waals surface area contributed by atoms with E-state index in [-0.39, 0.29) is 24.1 Å². The molecule has 0 aliphatic carbocycles. The molecule has 2 aromatic heterocycles. The van der Waals surface area contributed by atoms with Crippen molar-refractivity contribution in [2.75, 3.05) is 23.8 Å². The van der Waals surface area contributed by atoms with Crippen LogP contribution in [0.4, 0.5) is 5.69 Å². The zero-order valence-electron chi connectivity index (χ0n) is 16.2. The number of hydrogen-bond donors (Lipinski definition) is 0. The predicted molar refractivity (Wildman–Crippen MR) is 116 cm³/mol. The minimum Gasteiger partial charge on any atom is -0.482 e. The Morgan fingerprint density at radius 3 is 2.87 bits per heavy atom. The summed E-state index contributed by atoms with van der Waals surface area (Å²) in [5.74, 6) is 0.680. The molecule has 4 aromatic rings. The second kappa shape index (κ2) is 7.46. The molecule has 150 valence electrons. The van der Waals surface area contributed by atoms with Crippen LogP contribution >= 0.6 is 11.8 Å². The molecule has 1 aliphatic heterocycles.